The molecule has 0 spiro atoms. The standard InChI is InChI=1S/C29H48O/c1-7-21(19(2)3)12-11-20(4)24-15-16-25-23-14-13-22-9-8-10-27(30)29(22,6)26(23)17-18-28(24,25)5/h13,20,23-27,30H,7-12,14-18H2,1-6H3/t20-,23+,24-,25+,26+,27?,28-,29+/m1/s1. The molecule has 0 radical (unpaired) electrons. The third kappa shape index (κ3) is 3.46. The van der Waals surface area contributed by atoms with E-state index in [4.69, 9.17) is 0 Å². The normalized spacial score (nSPS) is 43.8. The van der Waals surface area contributed by atoms with Crippen LogP contribution in [0.3, 0.4) is 0 Å². The Morgan fingerprint density at radius 1 is 1.13 bits per heavy atom. The number of allylic oxidation sites excluding steroid dienone is 3. The highest BCUT2D eigenvalue weighted by Gasteiger charge is 2.60. The molecule has 0 aromatic heterocycles. The molecule has 30 heavy (non-hydrogen) atoms. The molecule has 0 aliphatic heterocycles. The SMILES string of the molecule is CCC(CC[C@@H](C)[C@H]1CC[C@H]2[C@@H]3CC=C4CCCC(O)[C@]4(C)[C@H]3CC[C@]12C)=C(C)C. The van der Waals surface area contributed by atoms with E-state index in [0.29, 0.717) is 5.41 Å². The van der Waals surface area contributed by atoms with Crippen LogP contribution in [0.15, 0.2) is 22.8 Å². The summed E-state index contributed by atoms with van der Waals surface area (Å²) < 4.78 is 0. The van der Waals surface area contributed by atoms with Gasteiger partial charge in [-0.05, 0) is 119 Å². The maximum Gasteiger partial charge on any atom is 0.0633 e. The van der Waals surface area contributed by atoms with Crippen molar-refractivity contribution in [2.75, 3.05) is 0 Å². The summed E-state index contributed by atoms with van der Waals surface area (Å²) >= 11 is 0. The molecule has 0 bridgehead atoms. The molecule has 4 rings (SSSR count). The summed E-state index contributed by atoms with van der Waals surface area (Å²) in [7, 11) is 0. The van der Waals surface area contributed by atoms with Crippen molar-refractivity contribution in [1.29, 1.82) is 0 Å². The zero-order valence-corrected chi connectivity index (χ0v) is 20.8. The molecule has 4 aliphatic carbocycles. The first-order valence-electron chi connectivity index (χ1n) is 13.3. The number of hydrogen-bond donors (Lipinski definition) is 1. The third-order valence-electron chi connectivity index (χ3n) is 10.9. The molecule has 1 N–H and O–H groups in total. The van der Waals surface area contributed by atoms with Crippen LogP contribution in [0.5, 0.6) is 0 Å². The highest BCUT2D eigenvalue weighted by molar-refractivity contribution is 5.26. The molecular weight excluding hydrogens is 364 g/mol. The molecule has 0 aromatic carbocycles. The van der Waals surface area contributed by atoms with Gasteiger partial charge < -0.3 is 5.11 Å². The topological polar surface area (TPSA) is 20.2 Å². The van der Waals surface area contributed by atoms with Crippen molar-refractivity contribution in [2.24, 2.45) is 40.4 Å². The summed E-state index contributed by atoms with van der Waals surface area (Å²) in [6, 6.07) is 0. The lowest BCUT2D eigenvalue weighted by molar-refractivity contribution is -0.0929. The molecule has 8 atom stereocenters. The Morgan fingerprint density at radius 2 is 1.90 bits per heavy atom. The molecule has 0 saturated heterocycles. The largest absolute Gasteiger partial charge is 0.392 e. The number of aliphatic hydroxyl groups is 1. The van der Waals surface area contributed by atoms with Crippen molar-refractivity contribution in [2.45, 2.75) is 118 Å². The van der Waals surface area contributed by atoms with Crippen LogP contribution < -0.4 is 0 Å². The van der Waals surface area contributed by atoms with Crippen molar-refractivity contribution < 1.29 is 5.11 Å². The summed E-state index contributed by atoms with van der Waals surface area (Å²) in [5, 5.41) is 11.1. The fourth-order valence-corrected chi connectivity index (χ4v) is 9.07. The van der Waals surface area contributed by atoms with Crippen LogP contribution in [0.2, 0.25) is 0 Å². The summed E-state index contributed by atoms with van der Waals surface area (Å²) in [6.07, 6.45) is 16.7. The van der Waals surface area contributed by atoms with Gasteiger partial charge in [0.15, 0.2) is 0 Å². The molecular formula is C29H48O. The van der Waals surface area contributed by atoms with Crippen molar-refractivity contribution in [3.05, 3.63) is 22.8 Å². The van der Waals surface area contributed by atoms with E-state index in [1.165, 1.54) is 64.2 Å². The molecule has 0 aromatic rings. The van der Waals surface area contributed by atoms with Crippen LogP contribution in [-0.2, 0) is 0 Å². The third-order valence-corrected chi connectivity index (χ3v) is 10.9. The molecule has 4 aliphatic rings. The van der Waals surface area contributed by atoms with Crippen LogP contribution in [0.1, 0.15) is 112 Å². The fraction of sp³-hybridized carbons (Fsp3) is 0.862. The summed E-state index contributed by atoms with van der Waals surface area (Å²) in [5.41, 5.74) is 5.45. The Bertz CT molecular complexity index is 697. The Labute approximate surface area is 186 Å². The minimum absolute atomic E-state index is 0.0751. The predicted molar refractivity (Wildman–Crippen MR) is 128 cm³/mol. The zero-order chi connectivity index (χ0) is 21.7. The average Bonchev–Trinajstić information content (AvgIpc) is 3.06. The van der Waals surface area contributed by atoms with Crippen LogP contribution in [0.4, 0.5) is 0 Å². The average molecular weight is 413 g/mol. The molecule has 0 heterocycles. The lowest BCUT2D eigenvalue weighted by Crippen LogP contribution is -2.54. The van der Waals surface area contributed by atoms with E-state index >= 15 is 0 Å². The van der Waals surface area contributed by atoms with Gasteiger partial charge in [-0.2, -0.15) is 0 Å². The van der Waals surface area contributed by atoms with Crippen molar-refractivity contribution in [3.8, 4) is 0 Å². The van der Waals surface area contributed by atoms with Crippen molar-refractivity contribution in [1.82, 2.24) is 0 Å². The molecule has 3 saturated carbocycles. The van der Waals surface area contributed by atoms with Crippen LogP contribution in [-0.4, -0.2) is 11.2 Å². The lowest BCUT2D eigenvalue weighted by Gasteiger charge is -2.59. The van der Waals surface area contributed by atoms with E-state index < -0.39 is 0 Å². The molecule has 1 nitrogen and oxygen atoms in total. The van der Waals surface area contributed by atoms with E-state index in [2.05, 4.69) is 47.6 Å². The van der Waals surface area contributed by atoms with Gasteiger partial charge in [0.1, 0.15) is 0 Å². The number of aliphatic hydroxyl groups excluding tert-OH is 1. The van der Waals surface area contributed by atoms with Gasteiger partial charge in [0, 0.05) is 5.41 Å². The first kappa shape index (κ1) is 22.6. The van der Waals surface area contributed by atoms with E-state index in [-0.39, 0.29) is 11.5 Å². The zero-order valence-electron chi connectivity index (χ0n) is 20.8. The van der Waals surface area contributed by atoms with Gasteiger partial charge in [-0.15, -0.1) is 0 Å². The van der Waals surface area contributed by atoms with E-state index in [1.54, 1.807) is 16.7 Å². The second kappa shape index (κ2) is 8.42. The predicted octanol–water partition coefficient (Wildman–Crippen LogP) is 8.09. The Balaban J connectivity index is 1.51. The van der Waals surface area contributed by atoms with E-state index in [1.807, 2.05) is 0 Å². The van der Waals surface area contributed by atoms with Crippen LogP contribution in [0, 0.1) is 40.4 Å². The molecule has 3 fully saturated rings. The smallest absolute Gasteiger partial charge is 0.0633 e. The maximum atomic E-state index is 11.1. The van der Waals surface area contributed by atoms with Crippen LogP contribution in [0.25, 0.3) is 0 Å². The van der Waals surface area contributed by atoms with Gasteiger partial charge in [0.25, 0.3) is 0 Å². The molecule has 0 amide bonds. The van der Waals surface area contributed by atoms with Gasteiger partial charge in [0.2, 0.25) is 0 Å². The fourth-order valence-electron chi connectivity index (χ4n) is 9.07. The highest BCUT2D eigenvalue weighted by atomic mass is 16.3. The Morgan fingerprint density at radius 3 is 2.60 bits per heavy atom. The van der Waals surface area contributed by atoms with Gasteiger partial charge in [-0.25, -0.2) is 0 Å². The number of hydrogen-bond acceptors (Lipinski definition) is 1. The number of fused-ring (bicyclic) bond motifs is 5. The second-order valence-electron chi connectivity index (χ2n) is 12.2. The highest BCUT2D eigenvalue weighted by Crippen LogP contribution is 2.67. The van der Waals surface area contributed by atoms with Crippen molar-refractivity contribution in [3.63, 3.8) is 0 Å². The first-order valence-corrected chi connectivity index (χ1v) is 13.3. The van der Waals surface area contributed by atoms with Gasteiger partial charge in [0.05, 0.1) is 6.10 Å². The van der Waals surface area contributed by atoms with Gasteiger partial charge in [-0.1, -0.05) is 50.5 Å². The summed E-state index contributed by atoms with van der Waals surface area (Å²) in [5.74, 6) is 4.14. The summed E-state index contributed by atoms with van der Waals surface area (Å²) in [4.78, 5) is 0. The van der Waals surface area contributed by atoms with Gasteiger partial charge in [-0.3, -0.25) is 0 Å². The van der Waals surface area contributed by atoms with E-state index in [0.717, 1.165) is 36.0 Å². The minimum Gasteiger partial charge on any atom is -0.392 e. The molecule has 1 heteroatoms. The Hall–Kier alpha value is -0.560. The molecule has 170 valence electrons. The second-order valence-corrected chi connectivity index (χ2v) is 12.2. The van der Waals surface area contributed by atoms with Crippen molar-refractivity contribution >= 4 is 0 Å². The number of rotatable bonds is 5. The lowest BCUT2D eigenvalue weighted by atomic mass is 9.46. The monoisotopic (exact) mass is 412 g/mol. The summed E-state index contributed by atoms with van der Waals surface area (Å²) in [6.45, 7) is 14.6. The maximum absolute atomic E-state index is 11.1. The van der Waals surface area contributed by atoms with Crippen LogP contribution >= 0.6 is 0 Å². The molecule has 1 unspecified atom stereocenters. The van der Waals surface area contributed by atoms with Gasteiger partial charge >= 0.3 is 0 Å². The quantitative estimate of drug-likeness (QED) is 0.452. The van der Waals surface area contributed by atoms with E-state index in [9.17, 15) is 5.11 Å². The first-order chi connectivity index (χ1) is 14.2. The minimum atomic E-state index is -0.109. The Kier molecular flexibility index (Phi) is 6.35.